The molecule has 1 aliphatic heterocycles. The van der Waals surface area contributed by atoms with E-state index in [9.17, 15) is 24.3 Å². The van der Waals surface area contributed by atoms with Crippen molar-refractivity contribution in [2.24, 2.45) is 0 Å². The van der Waals surface area contributed by atoms with Gasteiger partial charge in [0.2, 0.25) is 17.7 Å². The van der Waals surface area contributed by atoms with E-state index in [0.717, 1.165) is 5.56 Å². The second-order valence-electron chi connectivity index (χ2n) is 5.98. The minimum Gasteiger partial charge on any atom is -0.480 e. The molecule has 3 atom stereocenters. The van der Waals surface area contributed by atoms with E-state index < -0.39 is 35.9 Å². The molecule has 1 heterocycles. The number of hydrogen-bond donors (Lipinski definition) is 4. The van der Waals surface area contributed by atoms with Gasteiger partial charge < -0.3 is 21.1 Å². The van der Waals surface area contributed by atoms with Gasteiger partial charge in [0.15, 0.2) is 0 Å². The van der Waals surface area contributed by atoms with Gasteiger partial charge in [-0.05, 0) is 18.9 Å². The summed E-state index contributed by atoms with van der Waals surface area (Å²) in [6.45, 7) is 1.46. The van der Waals surface area contributed by atoms with Crippen LogP contribution in [0.2, 0.25) is 0 Å². The quantitative estimate of drug-likeness (QED) is 0.533. The lowest BCUT2D eigenvalue weighted by molar-refractivity contribution is -0.142. The molecule has 1 aliphatic rings. The van der Waals surface area contributed by atoms with E-state index in [1.807, 2.05) is 6.07 Å². The molecule has 25 heavy (non-hydrogen) atoms. The maximum atomic E-state index is 12.2. The standard InChI is InChI=1S/C17H21N3O5/c1-10(18-16(23)12-7-8-14(21)19-12)15(22)20-13(17(24)25)9-11-5-3-2-4-6-11/h2-6,10,12-13H,7-9H2,1H3,(H,18,23)(H,19,21)(H,20,22)(H,24,25)/t10-,12-,13-/m0/s1. The summed E-state index contributed by atoms with van der Waals surface area (Å²) in [5.74, 6) is -2.41. The Kier molecular flexibility index (Phi) is 6.10. The fourth-order valence-electron chi connectivity index (χ4n) is 2.54. The maximum Gasteiger partial charge on any atom is 0.326 e. The first-order valence-electron chi connectivity index (χ1n) is 8.03. The van der Waals surface area contributed by atoms with Crippen LogP contribution in [0.5, 0.6) is 0 Å². The van der Waals surface area contributed by atoms with Gasteiger partial charge in [-0.15, -0.1) is 0 Å². The van der Waals surface area contributed by atoms with E-state index in [4.69, 9.17) is 0 Å². The van der Waals surface area contributed by atoms with Crippen molar-refractivity contribution in [2.75, 3.05) is 0 Å². The fraction of sp³-hybridized carbons (Fsp3) is 0.412. The third-order valence-electron chi connectivity index (χ3n) is 3.96. The van der Waals surface area contributed by atoms with Crippen LogP contribution in [0.15, 0.2) is 30.3 Å². The normalized spacial score (nSPS) is 18.8. The highest BCUT2D eigenvalue weighted by Gasteiger charge is 2.30. The van der Waals surface area contributed by atoms with E-state index in [-0.39, 0.29) is 18.7 Å². The highest BCUT2D eigenvalue weighted by Crippen LogP contribution is 2.07. The molecule has 2 rings (SSSR count). The first kappa shape index (κ1) is 18.4. The SMILES string of the molecule is C[C@H](NC(=O)[C@@H]1CCC(=O)N1)C(=O)N[C@@H](Cc1ccccc1)C(=O)O. The molecule has 0 aromatic heterocycles. The Morgan fingerprint density at radius 3 is 2.48 bits per heavy atom. The predicted molar refractivity (Wildman–Crippen MR) is 88.5 cm³/mol. The molecule has 0 unspecified atom stereocenters. The summed E-state index contributed by atoms with van der Waals surface area (Å²) < 4.78 is 0. The molecule has 8 nitrogen and oxygen atoms in total. The van der Waals surface area contributed by atoms with Gasteiger partial charge in [0.1, 0.15) is 18.1 Å². The van der Waals surface area contributed by atoms with Crippen LogP contribution in [0.4, 0.5) is 0 Å². The van der Waals surface area contributed by atoms with Crippen molar-refractivity contribution in [1.29, 1.82) is 0 Å². The zero-order valence-electron chi connectivity index (χ0n) is 13.8. The molecule has 0 spiro atoms. The Balaban J connectivity index is 1.90. The molecule has 0 saturated carbocycles. The molecule has 0 radical (unpaired) electrons. The average Bonchev–Trinajstić information content (AvgIpc) is 3.01. The van der Waals surface area contributed by atoms with Gasteiger partial charge in [-0.1, -0.05) is 30.3 Å². The van der Waals surface area contributed by atoms with E-state index >= 15 is 0 Å². The number of carbonyl (C=O) groups excluding carboxylic acids is 3. The molecule has 134 valence electrons. The van der Waals surface area contributed by atoms with Crippen molar-refractivity contribution in [3.05, 3.63) is 35.9 Å². The minimum absolute atomic E-state index is 0.140. The molecular formula is C17H21N3O5. The number of nitrogens with one attached hydrogen (secondary N) is 3. The van der Waals surface area contributed by atoms with Gasteiger partial charge in [-0.25, -0.2) is 4.79 Å². The Labute approximate surface area is 145 Å². The van der Waals surface area contributed by atoms with Crippen molar-refractivity contribution < 1.29 is 24.3 Å². The van der Waals surface area contributed by atoms with Crippen LogP contribution in [0.3, 0.4) is 0 Å². The van der Waals surface area contributed by atoms with Crippen LogP contribution in [0, 0.1) is 0 Å². The van der Waals surface area contributed by atoms with Gasteiger partial charge in [-0.2, -0.15) is 0 Å². The number of carboxylic acids is 1. The van der Waals surface area contributed by atoms with Gasteiger partial charge in [0.25, 0.3) is 0 Å². The smallest absolute Gasteiger partial charge is 0.326 e. The maximum absolute atomic E-state index is 12.2. The Morgan fingerprint density at radius 1 is 1.24 bits per heavy atom. The number of carboxylic acid groups (broad SMARTS) is 1. The van der Waals surface area contributed by atoms with Crippen LogP contribution in [-0.2, 0) is 25.6 Å². The fourth-order valence-corrected chi connectivity index (χ4v) is 2.54. The number of carbonyl (C=O) groups is 4. The minimum atomic E-state index is -1.15. The topological polar surface area (TPSA) is 125 Å². The summed E-state index contributed by atoms with van der Waals surface area (Å²) in [7, 11) is 0. The molecule has 0 aliphatic carbocycles. The van der Waals surface area contributed by atoms with Gasteiger partial charge in [0, 0.05) is 12.8 Å². The summed E-state index contributed by atoms with van der Waals surface area (Å²) in [4.78, 5) is 46.7. The predicted octanol–water partition coefficient (Wildman–Crippen LogP) is -0.418. The third kappa shape index (κ3) is 5.30. The van der Waals surface area contributed by atoms with E-state index in [2.05, 4.69) is 16.0 Å². The second-order valence-corrected chi connectivity index (χ2v) is 5.98. The Morgan fingerprint density at radius 2 is 1.92 bits per heavy atom. The van der Waals surface area contributed by atoms with Crippen LogP contribution >= 0.6 is 0 Å². The summed E-state index contributed by atoms with van der Waals surface area (Å²) in [6, 6.07) is 6.28. The molecule has 1 aromatic rings. The van der Waals surface area contributed by atoms with E-state index in [1.165, 1.54) is 6.92 Å². The average molecular weight is 347 g/mol. The summed E-state index contributed by atoms with van der Waals surface area (Å²) in [5, 5.41) is 16.7. The molecule has 8 heteroatoms. The molecule has 4 N–H and O–H groups in total. The van der Waals surface area contributed by atoms with Gasteiger partial charge >= 0.3 is 5.97 Å². The first-order chi connectivity index (χ1) is 11.9. The first-order valence-corrected chi connectivity index (χ1v) is 8.03. The van der Waals surface area contributed by atoms with Crippen LogP contribution in [-0.4, -0.2) is 46.9 Å². The zero-order chi connectivity index (χ0) is 18.4. The Hall–Kier alpha value is -2.90. The van der Waals surface area contributed by atoms with Gasteiger partial charge in [-0.3, -0.25) is 14.4 Å². The lowest BCUT2D eigenvalue weighted by atomic mass is 10.1. The van der Waals surface area contributed by atoms with Crippen LogP contribution < -0.4 is 16.0 Å². The molecule has 1 aromatic carbocycles. The largest absolute Gasteiger partial charge is 0.480 e. The molecule has 3 amide bonds. The van der Waals surface area contributed by atoms with Crippen molar-refractivity contribution in [1.82, 2.24) is 16.0 Å². The number of benzene rings is 1. The number of hydrogen-bond acceptors (Lipinski definition) is 4. The number of amides is 3. The van der Waals surface area contributed by atoms with E-state index in [0.29, 0.717) is 6.42 Å². The second kappa shape index (κ2) is 8.27. The molecule has 1 saturated heterocycles. The lowest BCUT2D eigenvalue weighted by Crippen LogP contribution is -2.53. The van der Waals surface area contributed by atoms with Crippen LogP contribution in [0.25, 0.3) is 0 Å². The van der Waals surface area contributed by atoms with Crippen molar-refractivity contribution in [3.63, 3.8) is 0 Å². The highest BCUT2D eigenvalue weighted by molar-refractivity contribution is 5.94. The monoisotopic (exact) mass is 347 g/mol. The summed E-state index contributed by atoms with van der Waals surface area (Å²) in [5.41, 5.74) is 0.778. The third-order valence-corrected chi connectivity index (χ3v) is 3.96. The lowest BCUT2D eigenvalue weighted by Gasteiger charge is -2.20. The highest BCUT2D eigenvalue weighted by atomic mass is 16.4. The van der Waals surface area contributed by atoms with Crippen LogP contribution in [0.1, 0.15) is 25.3 Å². The van der Waals surface area contributed by atoms with Gasteiger partial charge in [0.05, 0.1) is 0 Å². The van der Waals surface area contributed by atoms with E-state index in [1.54, 1.807) is 24.3 Å². The summed E-state index contributed by atoms with van der Waals surface area (Å²) in [6.07, 6.45) is 0.794. The van der Waals surface area contributed by atoms with Crippen molar-refractivity contribution >= 4 is 23.7 Å². The zero-order valence-corrected chi connectivity index (χ0v) is 13.8. The Bertz CT molecular complexity index is 662. The number of rotatable bonds is 7. The molecule has 1 fully saturated rings. The molecular weight excluding hydrogens is 326 g/mol. The number of aliphatic carboxylic acids is 1. The summed E-state index contributed by atoms with van der Waals surface area (Å²) >= 11 is 0. The molecule has 0 bridgehead atoms. The van der Waals surface area contributed by atoms with Crippen molar-refractivity contribution in [3.8, 4) is 0 Å². The van der Waals surface area contributed by atoms with Crippen molar-refractivity contribution in [2.45, 2.75) is 44.3 Å².